The number of rotatable bonds is 3. The average Bonchev–Trinajstić information content (AvgIpc) is 2.25. The first-order valence-corrected chi connectivity index (χ1v) is 4.68. The Morgan fingerprint density at radius 1 is 1.19 bits per heavy atom. The Morgan fingerprint density at radius 2 is 1.75 bits per heavy atom. The average molecular weight is 231 g/mol. The van der Waals surface area contributed by atoms with Crippen molar-refractivity contribution in [1.29, 1.82) is 0 Å². The number of hydrogen-bond acceptors (Lipinski definition) is 2. The van der Waals surface area contributed by atoms with Gasteiger partial charge in [-0.25, -0.2) is 13.2 Å². The van der Waals surface area contributed by atoms with Crippen LogP contribution in [-0.4, -0.2) is 18.4 Å². The Labute approximate surface area is 91.5 Å². The van der Waals surface area contributed by atoms with Crippen LogP contribution < -0.4 is 5.32 Å². The van der Waals surface area contributed by atoms with Gasteiger partial charge >= 0.3 is 0 Å². The van der Waals surface area contributed by atoms with E-state index in [0.717, 1.165) is 12.1 Å². The maximum Gasteiger partial charge on any atom is 0.195 e. The molecule has 0 aliphatic carbocycles. The second-order valence-corrected chi connectivity index (χ2v) is 3.93. The third kappa shape index (κ3) is 2.09. The molecule has 1 rings (SSSR count). The van der Waals surface area contributed by atoms with E-state index in [2.05, 4.69) is 5.32 Å². The van der Waals surface area contributed by atoms with Crippen molar-refractivity contribution in [2.75, 3.05) is 7.05 Å². The minimum atomic E-state index is -1.63. The van der Waals surface area contributed by atoms with Crippen LogP contribution in [0.1, 0.15) is 24.2 Å². The summed E-state index contributed by atoms with van der Waals surface area (Å²) in [5.41, 5.74) is -1.50. The van der Waals surface area contributed by atoms with Crippen LogP contribution in [0.4, 0.5) is 13.2 Å². The van der Waals surface area contributed by atoms with E-state index in [1.165, 1.54) is 20.9 Å². The summed E-state index contributed by atoms with van der Waals surface area (Å²) in [7, 11) is 1.52. The van der Waals surface area contributed by atoms with E-state index >= 15 is 0 Å². The van der Waals surface area contributed by atoms with E-state index in [9.17, 15) is 18.0 Å². The van der Waals surface area contributed by atoms with E-state index in [1.54, 1.807) is 0 Å². The van der Waals surface area contributed by atoms with Gasteiger partial charge in [0.05, 0.1) is 11.1 Å². The molecule has 0 spiro atoms. The van der Waals surface area contributed by atoms with Gasteiger partial charge in [-0.15, -0.1) is 0 Å². The molecular weight excluding hydrogens is 219 g/mol. The Kier molecular flexibility index (Phi) is 3.38. The van der Waals surface area contributed by atoms with Gasteiger partial charge in [0.1, 0.15) is 0 Å². The van der Waals surface area contributed by atoms with Gasteiger partial charge in [-0.05, 0) is 33.0 Å². The molecule has 0 saturated carbocycles. The van der Waals surface area contributed by atoms with Crippen LogP contribution in [0.5, 0.6) is 0 Å². The molecule has 0 aliphatic rings. The van der Waals surface area contributed by atoms with Gasteiger partial charge < -0.3 is 5.32 Å². The Bertz CT molecular complexity index is 429. The number of Topliss-reactive ketones (excluding diaryl/α,β-unsaturated/α-hetero) is 1. The molecule has 88 valence electrons. The lowest BCUT2D eigenvalue weighted by Crippen LogP contribution is -2.44. The molecular formula is C11H12F3NO. The first-order valence-electron chi connectivity index (χ1n) is 4.68. The summed E-state index contributed by atoms with van der Waals surface area (Å²) in [4.78, 5) is 11.8. The molecule has 0 aliphatic heterocycles. The van der Waals surface area contributed by atoms with E-state index in [1.807, 2.05) is 0 Å². The first-order chi connectivity index (χ1) is 7.31. The zero-order chi connectivity index (χ0) is 12.5. The summed E-state index contributed by atoms with van der Waals surface area (Å²) in [6, 6.07) is 1.67. The van der Waals surface area contributed by atoms with E-state index in [4.69, 9.17) is 0 Å². The monoisotopic (exact) mass is 231 g/mol. The summed E-state index contributed by atoms with van der Waals surface area (Å²) in [6.45, 7) is 3.05. The maximum absolute atomic E-state index is 13.3. The highest BCUT2D eigenvalue weighted by molar-refractivity contribution is 6.02. The third-order valence-electron chi connectivity index (χ3n) is 2.47. The van der Waals surface area contributed by atoms with Crippen LogP contribution >= 0.6 is 0 Å². The molecule has 2 nitrogen and oxygen atoms in total. The van der Waals surface area contributed by atoms with Gasteiger partial charge in [0.2, 0.25) is 0 Å². The minimum Gasteiger partial charge on any atom is -0.308 e. The van der Waals surface area contributed by atoms with Crippen molar-refractivity contribution in [2.24, 2.45) is 0 Å². The fourth-order valence-electron chi connectivity index (χ4n) is 1.15. The molecule has 0 unspecified atom stereocenters. The lowest BCUT2D eigenvalue weighted by atomic mass is 9.93. The third-order valence-corrected chi connectivity index (χ3v) is 2.47. The van der Waals surface area contributed by atoms with Crippen LogP contribution in [0.3, 0.4) is 0 Å². The number of likely N-dealkylation sites (N-methyl/N-ethyl adjacent to an activating group) is 1. The minimum absolute atomic E-state index is 0.460. The largest absolute Gasteiger partial charge is 0.308 e. The quantitative estimate of drug-likeness (QED) is 0.638. The molecule has 0 amide bonds. The highest BCUT2D eigenvalue weighted by Gasteiger charge is 2.30. The lowest BCUT2D eigenvalue weighted by molar-refractivity contribution is 0.0884. The summed E-state index contributed by atoms with van der Waals surface area (Å²) in [5.74, 6) is -5.02. The molecule has 0 atom stereocenters. The number of nitrogens with one attached hydrogen (secondary N) is 1. The molecule has 16 heavy (non-hydrogen) atoms. The van der Waals surface area contributed by atoms with Gasteiger partial charge in [0.25, 0.3) is 0 Å². The van der Waals surface area contributed by atoms with Crippen LogP contribution in [0.15, 0.2) is 12.1 Å². The number of carbonyl (C=O) groups excluding carboxylic acids is 1. The van der Waals surface area contributed by atoms with E-state index in [-0.39, 0.29) is 0 Å². The van der Waals surface area contributed by atoms with Crippen molar-refractivity contribution >= 4 is 5.78 Å². The highest BCUT2D eigenvalue weighted by atomic mass is 19.2. The van der Waals surface area contributed by atoms with E-state index < -0.39 is 34.3 Å². The fraction of sp³-hybridized carbons (Fsp3) is 0.364. The van der Waals surface area contributed by atoms with Crippen molar-refractivity contribution < 1.29 is 18.0 Å². The molecule has 0 radical (unpaired) electrons. The summed E-state index contributed by atoms with van der Waals surface area (Å²) >= 11 is 0. The predicted molar refractivity (Wildman–Crippen MR) is 53.8 cm³/mol. The Balaban J connectivity index is 3.26. The lowest BCUT2D eigenvalue weighted by Gasteiger charge is -2.22. The second kappa shape index (κ2) is 4.25. The molecule has 0 bridgehead atoms. The highest BCUT2D eigenvalue weighted by Crippen LogP contribution is 2.19. The molecule has 1 aromatic carbocycles. The SMILES string of the molecule is CNC(C)(C)C(=O)c1ccc(F)c(F)c1F. The first kappa shape index (κ1) is 12.7. The van der Waals surface area contributed by atoms with Gasteiger partial charge in [0.15, 0.2) is 23.2 Å². The normalized spacial score (nSPS) is 11.6. The summed E-state index contributed by atoms with van der Waals surface area (Å²) in [6.07, 6.45) is 0. The van der Waals surface area contributed by atoms with Crippen molar-refractivity contribution in [2.45, 2.75) is 19.4 Å². The standard InChI is InChI=1S/C11H12F3NO/c1-11(2,15-3)10(16)6-4-5-7(12)9(14)8(6)13/h4-5,15H,1-3H3. The van der Waals surface area contributed by atoms with E-state index in [0.29, 0.717) is 0 Å². The molecule has 1 N–H and O–H groups in total. The van der Waals surface area contributed by atoms with Crippen LogP contribution in [0, 0.1) is 17.5 Å². The van der Waals surface area contributed by atoms with Gasteiger partial charge in [-0.3, -0.25) is 4.79 Å². The van der Waals surface area contributed by atoms with Crippen molar-refractivity contribution in [1.82, 2.24) is 5.32 Å². The van der Waals surface area contributed by atoms with Crippen molar-refractivity contribution in [3.63, 3.8) is 0 Å². The molecule has 0 fully saturated rings. The number of hydrogen-bond donors (Lipinski definition) is 1. The predicted octanol–water partition coefficient (Wildman–Crippen LogP) is 2.28. The fourth-order valence-corrected chi connectivity index (χ4v) is 1.15. The topological polar surface area (TPSA) is 29.1 Å². The smallest absolute Gasteiger partial charge is 0.195 e. The summed E-state index contributed by atoms with van der Waals surface area (Å²) in [5, 5.41) is 2.67. The molecule has 5 heteroatoms. The van der Waals surface area contributed by atoms with Gasteiger partial charge in [-0.1, -0.05) is 0 Å². The molecule has 1 aromatic rings. The number of halogens is 3. The number of carbonyl (C=O) groups is 1. The van der Waals surface area contributed by atoms with Gasteiger partial charge in [0, 0.05) is 0 Å². The van der Waals surface area contributed by atoms with Crippen LogP contribution in [0.25, 0.3) is 0 Å². The van der Waals surface area contributed by atoms with Crippen LogP contribution in [0.2, 0.25) is 0 Å². The zero-order valence-electron chi connectivity index (χ0n) is 9.20. The molecule has 0 saturated heterocycles. The van der Waals surface area contributed by atoms with Crippen LogP contribution in [-0.2, 0) is 0 Å². The van der Waals surface area contributed by atoms with Crippen molar-refractivity contribution in [3.05, 3.63) is 35.1 Å². The molecule has 0 aromatic heterocycles. The zero-order valence-corrected chi connectivity index (χ0v) is 9.20. The Morgan fingerprint density at radius 3 is 2.25 bits per heavy atom. The maximum atomic E-state index is 13.3. The Hall–Kier alpha value is -1.36. The second-order valence-electron chi connectivity index (χ2n) is 3.93. The van der Waals surface area contributed by atoms with Crippen molar-refractivity contribution in [3.8, 4) is 0 Å². The van der Waals surface area contributed by atoms with Gasteiger partial charge in [-0.2, -0.15) is 0 Å². The summed E-state index contributed by atoms with van der Waals surface area (Å²) < 4.78 is 38.9. The molecule has 0 heterocycles. The number of benzene rings is 1. The number of ketones is 1.